The van der Waals surface area contributed by atoms with Crippen LogP contribution in [0.25, 0.3) is 10.9 Å². The molecule has 0 aliphatic carbocycles. The standard InChI is InChI=1S/C21H26N2/c1-3-23-16-19(20-11-7-8-12-21(20)23)15-22-17(2)13-14-18-9-5-4-6-10-18/h4-12,16-17,22H,3,13-15H2,1-2H3. The van der Waals surface area contributed by atoms with Gasteiger partial charge in [0.15, 0.2) is 0 Å². The van der Waals surface area contributed by atoms with Gasteiger partial charge >= 0.3 is 0 Å². The summed E-state index contributed by atoms with van der Waals surface area (Å²) in [5.74, 6) is 0. The van der Waals surface area contributed by atoms with Crippen molar-refractivity contribution in [2.75, 3.05) is 0 Å². The molecule has 1 N–H and O–H groups in total. The topological polar surface area (TPSA) is 17.0 Å². The molecule has 0 saturated heterocycles. The third-order valence-corrected chi connectivity index (χ3v) is 4.56. The van der Waals surface area contributed by atoms with Gasteiger partial charge in [-0.15, -0.1) is 0 Å². The number of hydrogen-bond donors (Lipinski definition) is 1. The van der Waals surface area contributed by atoms with Gasteiger partial charge in [0.05, 0.1) is 0 Å². The summed E-state index contributed by atoms with van der Waals surface area (Å²) in [6.45, 7) is 6.43. The number of aromatic nitrogens is 1. The van der Waals surface area contributed by atoms with Crippen LogP contribution in [0, 0.1) is 0 Å². The summed E-state index contributed by atoms with van der Waals surface area (Å²) in [6.07, 6.45) is 4.59. The zero-order valence-electron chi connectivity index (χ0n) is 14.1. The lowest BCUT2D eigenvalue weighted by atomic mass is 10.1. The van der Waals surface area contributed by atoms with Crippen molar-refractivity contribution in [1.29, 1.82) is 0 Å². The molecule has 0 amide bonds. The minimum atomic E-state index is 0.513. The van der Waals surface area contributed by atoms with Crippen molar-refractivity contribution >= 4 is 10.9 Å². The molecule has 0 bridgehead atoms. The summed E-state index contributed by atoms with van der Waals surface area (Å²) in [7, 11) is 0. The third kappa shape index (κ3) is 3.83. The molecule has 1 aromatic heterocycles. The molecule has 3 rings (SSSR count). The van der Waals surface area contributed by atoms with Crippen molar-refractivity contribution in [3.8, 4) is 0 Å². The second kappa shape index (κ2) is 7.47. The van der Waals surface area contributed by atoms with E-state index in [1.54, 1.807) is 0 Å². The molecular formula is C21H26N2. The van der Waals surface area contributed by atoms with E-state index in [0.717, 1.165) is 25.9 Å². The van der Waals surface area contributed by atoms with Crippen LogP contribution in [-0.4, -0.2) is 10.6 Å². The smallest absolute Gasteiger partial charge is 0.0483 e. The second-order valence-corrected chi connectivity index (χ2v) is 6.26. The molecule has 120 valence electrons. The van der Waals surface area contributed by atoms with E-state index in [9.17, 15) is 0 Å². The maximum Gasteiger partial charge on any atom is 0.0483 e. The summed E-state index contributed by atoms with van der Waals surface area (Å²) >= 11 is 0. The highest BCUT2D eigenvalue weighted by atomic mass is 15.0. The van der Waals surface area contributed by atoms with Crippen molar-refractivity contribution in [3.05, 3.63) is 71.9 Å². The summed E-state index contributed by atoms with van der Waals surface area (Å²) in [5.41, 5.74) is 4.15. The predicted molar refractivity (Wildman–Crippen MR) is 98.7 cm³/mol. The van der Waals surface area contributed by atoms with Crippen LogP contribution < -0.4 is 5.32 Å². The average molecular weight is 306 g/mol. The zero-order chi connectivity index (χ0) is 16.1. The van der Waals surface area contributed by atoms with E-state index in [0.29, 0.717) is 6.04 Å². The Morgan fingerprint density at radius 3 is 2.52 bits per heavy atom. The first-order valence-electron chi connectivity index (χ1n) is 8.62. The van der Waals surface area contributed by atoms with E-state index in [-0.39, 0.29) is 0 Å². The molecule has 3 aromatic rings. The molecule has 0 radical (unpaired) electrons. The number of fused-ring (bicyclic) bond motifs is 1. The molecule has 0 aliphatic heterocycles. The van der Waals surface area contributed by atoms with Gasteiger partial charge in [0, 0.05) is 36.2 Å². The molecule has 0 aliphatic rings. The highest BCUT2D eigenvalue weighted by Crippen LogP contribution is 2.21. The monoisotopic (exact) mass is 306 g/mol. The van der Waals surface area contributed by atoms with Crippen molar-refractivity contribution < 1.29 is 0 Å². The number of hydrogen-bond acceptors (Lipinski definition) is 1. The summed E-state index contributed by atoms with van der Waals surface area (Å²) in [6, 6.07) is 19.9. The van der Waals surface area contributed by atoms with E-state index in [2.05, 4.69) is 84.5 Å². The number of aryl methyl sites for hydroxylation is 2. The lowest BCUT2D eigenvalue weighted by molar-refractivity contribution is 0.514. The average Bonchev–Trinajstić information content (AvgIpc) is 2.97. The Kier molecular flexibility index (Phi) is 5.14. The van der Waals surface area contributed by atoms with Gasteiger partial charge in [-0.1, -0.05) is 48.5 Å². The quantitative estimate of drug-likeness (QED) is 0.665. The maximum absolute atomic E-state index is 3.69. The number of nitrogens with zero attached hydrogens (tertiary/aromatic N) is 1. The third-order valence-electron chi connectivity index (χ3n) is 4.56. The Balaban J connectivity index is 1.60. The first-order chi connectivity index (χ1) is 11.3. The second-order valence-electron chi connectivity index (χ2n) is 6.26. The normalized spacial score (nSPS) is 12.6. The zero-order valence-corrected chi connectivity index (χ0v) is 14.1. The Bertz CT molecular complexity index is 743. The summed E-state index contributed by atoms with van der Waals surface area (Å²) in [4.78, 5) is 0. The number of rotatable bonds is 7. The van der Waals surface area contributed by atoms with E-state index in [1.807, 2.05) is 0 Å². The molecule has 1 atom stereocenters. The van der Waals surface area contributed by atoms with Crippen LogP contribution in [0.2, 0.25) is 0 Å². The van der Waals surface area contributed by atoms with Gasteiger partial charge in [-0.25, -0.2) is 0 Å². The predicted octanol–water partition coefficient (Wildman–Crippen LogP) is 4.77. The van der Waals surface area contributed by atoms with Crippen LogP contribution in [0.5, 0.6) is 0 Å². The molecule has 23 heavy (non-hydrogen) atoms. The summed E-state index contributed by atoms with van der Waals surface area (Å²) < 4.78 is 2.33. The van der Waals surface area contributed by atoms with Crippen molar-refractivity contribution in [3.63, 3.8) is 0 Å². The van der Waals surface area contributed by atoms with Gasteiger partial charge in [0.1, 0.15) is 0 Å². The highest BCUT2D eigenvalue weighted by Gasteiger charge is 2.08. The van der Waals surface area contributed by atoms with Crippen LogP contribution in [0.4, 0.5) is 0 Å². The Hall–Kier alpha value is -2.06. The highest BCUT2D eigenvalue weighted by molar-refractivity contribution is 5.83. The van der Waals surface area contributed by atoms with Crippen LogP contribution in [-0.2, 0) is 19.5 Å². The van der Waals surface area contributed by atoms with Crippen LogP contribution in [0.15, 0.2) is 60.8 Å². The molecule has 1 heterocycles. The van der Waals surface area contributed by atoms with Crippen LogP contribution >= 0.6 is 0 Å². The molecule has 0 spiro atoms. The molecule has 2 nitrogen and oxygen atoms in total. The SMILES string of the molecule is CCn1cc(CNC(C)CCc2ccccc2)c2ccccc21. The fourth-order valence-electron chi connectivity index (χ4n) is 3.14. The van der Waals surface area contributed by atoms with E-state index >= 15 is 0 Å². The number of nitrogens with one attached hydrogen (secondary N) is 1. The van der Waals surface area contributed by atoms with Gasteiger partial charge in [-0.05, 0) is 43.9 Å². The fourth-order valence-corrected chi connectivity index (χ4v) is 3.14. The molecule has 0 fully saturated rings. The lowest BCUT2D eigenvalue weighted by Gasteiger charge is -2.13. The van der Waals surface area contributed by atoms with Gasteiger partial charge in [-0.2, -0.15) is 0 Å². The van der Waals surface area contributed by atoms with Gasteiger partial charge in [0.2, 0.25) is 0 Å². The van der Waals surface area contributed by atoms with E-state index < -0.39 is 0 Å². The molecule has 1 unspecified atom stereocenters. The van der Waals surface area contributed by atoms with Crippen molar-refractivity contribution in [2.45, 2.75) is 45.8 Å². The van der Waals surface area contributed by atoms with Crippen molar-refractivity contribution in [1.82, 2.24) is 9.88 Å². The Labute approximate surface area is 139 Å². The maximum atomic E-state index is 3.69. The summed E-state index contributed by atoms with van der Waals surface area (Å²) in [5, 5.41) is 5.06. The van der Waals surface area contributed by atoms with Gasteiger partial charge < -0.3 is 9.88 Å². The van der Waals surface area contributed by atoms with Crippen molar-refractivity contribution in [2.24, 2.45) is 0 Å². The number of para-hydroxylation sites is 1. The first kappa shape index (κ1) is 15.8. The minimum Gasteiger partial charge on any atom is -0.347 e. The van der Waals surface area contributed by atoms with Crippen LogP contribution in [0.3, 0.4) is 0 Å². The largest absolute Gasteiger partial charge is 0.347 e. The van der Waals surface area contributed by atoms with E-state index in [4.69, 9.17) is 0 Å². The molecular weight excluding hydrogens is 280 g/mol. The molecule has 2 heteroatoms. The molecule has 2 aromatic carbocycles. The first-order valence-corrected chi connectivity index (χ1v) is 8.62. The molecule has 0 saturated carbocycles. The van der Waals surface area contributed by atoms with Gasteiger partial charge in [0.25, 0.3) is 0 Å². The van der Waals surface area contributed by atoms with Crippen LogP contribution in [0.1, 0.15) is 31.4 Å². The van der Waals surface area contributed by atoms with E-state index in [1.165, 1.54) is 22.0 Å². The minimum absolute atomic E-state index is 0.513. The lowest BCUT2D eigenvalue weighted by Crippen LogP contribution is -2.25. The Morgan fingerprint density at radius 2 is 1.74 bits per heavy atom. The fraction of sp³-hybridized carbons (Fsp3) is 0.333. The van der Waals surface area contributed by atoms with Gasteiger partial charge in [-0.3, -0.25) is 0 Å². The Morgan fingerprint density at radius 1 is 1.00 bits per heavy atom. The number of benzene rings is 2.